The van der Waals surface area contributed by atoms with Gasteiger partial charge in [-0.1, -0.05) is 0 Å². The van der Waals surface area contributed by atoms with Crippen LogP contribution in [0, 0.1) is 5.92 Å². The van der Waals surface area contributed by atoms with Crippen LogP contribution in [0.3, 0.4) is 0 Å². The molecule has 0 aromatic carbocycles. The first-order valence-corrected chi connectivity index (χ1v) is 4.51. The van der Waals surface area contributed by atoms with Gasteiger partial charge < -0.3 is 4.90 Å². The molecule has 0 N–H and O–H groups in total. The van der Waals surface area contributed by atoms with Crippen molar-refractivity contribution in [2.45, 2.75) is 12.8 Å². The molecule has 1 aromatic heterocycles. The Labute approximate surface area is 77.2 Å². The minimum atomic E-state index is 0.00407. The second-order valence-electron chi connectivity index (χ2n) is 3.58. The first-order chi connectivity index (χ1) is 6.27. The molecule has 1 aliphatic rings. The third-order valence-corrected chi connectivity index (χ3v) is 2.28. The van der Waals surface area contributed by atoms with Crippen LogP contribution in [-0.2, 0) is 0 Å². The monoisotopic (exact) mass is 179 g/mol. The van der Waals surface area contributed by atoms with Crippen LogP contribution in [0.4, 0.5) is 4.79 Å². The minimum absolute atomic E-state index is 0.00407. The predicted molar refractivity (Wildman–Crippen MR) is 48.4 cm³/mol. The van der Waals surface area contributed by atoms with Gasteiger partial charge in [-0.2, -0.15) is 0 Å². The summed E-state index contributed by atoms with van der Waals surface area (Å²) in [5, 5.41) is 0. The third kappa shape index (κ3) is 1.88. The molecule has 1 heterocycles. The van der Waals surface area contributed by atoms with Gasteiger partial charge in [-0.15, -0.1) is 0 Å². The lowest BCUT2D eigenvalue weighted by atomic mass is 10.4. The Kier molecular flexibility index (Phi) is 2.04. The maximum absolute atomic E-state index is 11.6. The number of imidazole rings is 1. The molecule has 4 heteroatoms. The fraction of sp³-hybridized carbons (Fsp3) is 0.556. The first kappa shape index (κ1) is 8.29. The predicted octanol–water partition coefficient (Wildman–Crippen LogP) is 1.19. The van der Waals surface area contributed by atoms with Crippen molar-refractivity contribution in [1.29, 1.82) is 0 Å². The molecule has 1 aromatic rings. The number of hydrogen-bond acceptors (Lipinski definition) is 2. The van der Waals surface area contributed by atoms with E-state index in [0.717, 1.165) is 12.5 Å². The average Bonchev–Trinajstić information content (AvgIpc) is 2.78. The van der Waals surface area contributed by atoms with E-state index in [2.05, 4.69) is 4.98 Å². The zero-order valence-corrected chi connectivity index (χ0v) is 7.68. The van der Waals surface area contributed by atoms with Crippen LogP contribution in [0.1, 0.15) is 12.8 Å². The average molecular weight is 179 g/mol. The fourth-order valence-corrected chi connectivity index (χ4v) is 1.34. The fourth-order valence-electron chi connectivity index (χ4n) is 1.34. The number of amides is 1. The summed E-state index contributed by atoms with van der Waals surface area (Å²) in [6.07, 6.45) is 7.35. The molecule has 1 aliphatic carbocycles. The van der Waals surface area contributed by atoms with E-state index in [1.807, 2.05) is 7.05 Å². The van der Waals surface area contributed by atoms with E-state index in [0.29, 0.717) is 0 Å². The first-order valence-electron chi connectivity index (χ1n) is 4.51. The minimum Gasteiger partial charge on any atom is -0.327 e. The van der Waals surface area contributed by atoms with Crippen LogP contribution < -0.4 is 0 Å². The molecule has 13 heavy (non-hydrogen) atoms. The van der Waals surface area contributed by atoms with E-state index in [9.17, 15) is 4.79 Å². The summed E-state index contributed by atoms with van der Waals surface area (Å²) < 4.78 is 1.50. The highest BCUT2D eigenvalue weighted by Crippen LogP contribution is 2.29. The molecule has 0 bridgehead atoms. The Morgan fingerprint density at radius 2 is 2.46 bits per heavy atom. The van der Waals surface area contributed by atoms with E-state index >= 15 is 0 Å². The number of carbonyl (C=O) groups excluding carboxylic acids is 1. The second-order valence-corrected chi connectivity index (χ2v) is 3.58. The van der Waals surface area contributed by atoms with Gasteiger partial charge in [0.1, 0.15) is 6.33 Å². The van der Waals surface area contributed by atoms with E-state index in [-0.39, 0.29) is 6.03 Å². The van der Waals surface area contributed by atoms with Gasteiger partial charge in [-0.3, -0.25) is 4.57 Å². The molecule has 0 spiro atoms. The van der Waals surface area contributed by atoms with E-state index in [1.165, 1.54) is 23.7 Å². The van der Waals surface area contributed by atoms with Crippen molar-refractivity contribution in [3.8, 4) is 0 Å². The van der Waals surface area contributed by atoms with Crippen LogP contribution in [0.15, 0.2) is 18.7 Å². The molecule has 0 aliphatic heterocycles. The molecular formula is C9H13N3O. The van der Waals surface area contributed by atoms with Crippen LogP contribution in [0.2, 0.25) is 0 Å². The Balaban J connectivity index is 1.95. The van der Waals surface area contributed by atoms with E-state index in [4.69, 9.17) is 0 Å². The largest absolute Gasteiger partial charge is 0.329 e. The van der Waals surface area contributed by atoms with Gasteiger partial charge in [0.05, 0.1) is 0 Å². The highest BCUT2D eigenvalue weighted by Gasteiger charge is 2.25. The van der Waals surface area contributed by atoms with Gasteiger partial charge >= 0.3 is 6.03 Å². The maximum atomic E-state index is 11.6. The summed E-state index contributed by atoms with van der Waals surface area (Å²) in [4.78, 5) is 17.2. The Hall–Kier alpha value is -1.32. The van der Waals surface area contributed by atoms with Gasteiger partial charge in [0.25, 0.3) is 0 Å². The number of aromatic nitrogens is 2. The third-order valence-electron chi connectivity index (χ3n) is 2.28. The summed E-state index contributed by atoms with van der Waals surface area (Å²) in [6, 6.07) is 0.00407. The molecule has 1 fully saturated rings. The second kappa shape index (κ2) is 3.20. The SMILES string of the molecule is CN(CC1CC1)C(=O)n1ccnc1. The van der Waals surface area contributed by atoms with Crippen molar-refractivity contribution in [3.63, 3.8) is 0 Å². The van der Waals surface area contributed by atoms with Crippen LogP contribution in [0.25, 0.3) is 0 Å². The lowest BCUT2D eigenvalue weighted by Crippen LogP contribution is -2.31. The summed E-state index contributed by atoms with van der Waals surface area (Å²) >= 11 is 0. The lowest BCUT2D eigenvalue weighted by molar-refractivity contribution is 0.208. The van der Waals surface area contributed by atoms with Crippen LogP contribution in [0.5, 0.6) is 0 Å². The van der Waals surface area contributed by atoms with Crippen molar-refractivity contribution in [3.05, 3.63) is 18.7 Å². The van der Waals surface area contributed by atoms with Gasteiger partial charge in [0, 0.05) is 26.0 Å². The molecule has 1 saturated carbocycles. The lowest BCUT2D eigenvalue weighted by Gasteiger charge is -2.16. The molecule has 2 rings (SSSR count). The van der Waals surface area contributed by atoms with Crippen molar-refractivity contribution in [2.75, 3.05) is 13.6 Å². The smallest absolute Gasteiger partial charge is 0.327 e. The molecule has 0 unspecified atom stereocenters. The van der Waals surface area contributed by atoms with Crippen LogP contribution >= 0.6 is 0 Å². The van der Waals surface area contributed by atoms with Gasteiger partial charge in [0.2, 0.25) is 0 Å². The number of hydrogen-bond donors (Lipinski definition) is 0. The molecular weight excluding hydrogens is 166 g/mol. The van der Waals surface area contributed by atoms with Crippen molar-refractivity contribution < 1.29 is 4.79 Å². The molecule has 0 atom stereocenters. The molecule has 0 radical (unpaired) electrons. The topological polar surface area (TPSA) is 38.1 Å². The zero-order valence-electron chi connectivity index (χ0n) is 7.68. The normalized spacial score (nSPS) is 15.8. The summed E-state index contributed by atoms with van der Waals surface area (Å²) in [7, 11) is 1.83. The highest BCUT2D eigenvalue weighted by atomic mass is 16.2. The maximum Gasteiger partial charge on any atom is 0.329 e. The Morgan fingerprint density at radius 1 is 1.69 bits per heavy atom. The van der Waals surface area contributed by atoms with Crippen molar-refractivity contribution >= 4 is 6.03 Å². The van der Waals surface area contributed by atoms with Crippen molar-refractivity contribution in [1.82, 2.24) is 14.5 Å². The number of carbonyl (C=O) groups is 1. The van der Waals surface area contributed by atoms with Gasteiger partial charge in [-0.25, -0.2) is 9.78 Å². The number of nitrogens with zero attached hydrogens (tertiary/aromatic N) is 3. The molecule has 0 saturated heterocycles. The van der Waals surface area contributed by atoms with Gasteiger partial charge in [0.15, 0.2) is 0 Å². The number of rotatable bonds is 2. The highest BCUT2D eigenvalue weighted by molar-refractivity contribution is 5.76. The summed E-state index contributed by atoms with van der Waals surface area (Å²) in [5.74, 6) is 0.734. The standard InChI is InChI=1S/C9H13N3O/c1-11(6-8-2-3-8)9(13)12-5-4-10-7-12/h4-5,7-8H,2-3,6H2,1H3. The van der Waals surface area contributed by atoms with Crippen LogP contribution in [-0.4, -0.2) is 34.1 Å². The van der Waals surface area contributed by atoms with Crippen molar-refractivity contribution in [2.24, 2.45) is 5.92 Å². The summed E-state index contributed by atoms with van der Waals surface area (Å²) in [5.41, 5.74) is 0. The summed E-state index contributed by atoms with van der Waals surface area (Å²) in [6.45, 7) is 0.872. The quantitative estimate of drug-likeness (QED) is 0.684. The Bertz CT molecular complexity index is 290. The molecule has 4 nitrogen and oxygen atoms in total. The molecule has 70 valence electrons. The Morgan fingerprint density at radius 3 is 3.00 bits per heavy atom. The van der Waals surface area contributed by atoms with Gasteiger partial charge in [-0.05, 0) is 18.8 Å². The molecule has 1 amide bonds. The van der Waals surface area contributed by atoms with E-state index in [1.54, 1.807) is 17.3 Å². The van der Waals surface area contributed by atoms with E-state index < -0.39 is 0 Å². The zero-order chi connectivity index (χ0) is 9.26.